The summed E-state index contributed by atoms with van der Waals surface area (Å²) in [6.07, 6.45) is 2.52. The molecule has 2 heterocycles. The summed E-state index contributed by atoms with van der Waals surface area (Å²) in [7, 11) is 0. The largest absolute Gasteiger partial charge is 0.445 e. The molecule has 1 saturated heterocycles. The predicted molar refractivity (Wildman–Crippen MR) is 103 cm³/mol. The Morgan fingerprint density at radius 3 is 2.54 bits per heavy atom. The minimum absolute atomic E-state index is 0.0621. The van der Waals surface area contributed by atoms with E-state index in [1.54, 1.807) is 24.0 Å². The zero-order chi connectivity index (χ0) is 19.9. The van der Waals surface area contributed by atoms with E-state index >= 15 is 0 Å². The Kier molecular flexibility index (Phi) is 4.87. The molecule has 2 amide bonds. The van der Waals surface area contributed by atoms with Gasteiger partial charge in [0.25, 0.3) is 5.91 Å². The van der Waals surface area contributed by atoms with Crippen LogP contribution in [0.2, 0.25) is 0 Å². The number of nitrogens with one attached hydrogen (secondary N) is 1. The number of rotatable bonds is 4. The van der Waals surface area contributed by atoms with E-state index < -0.39 is 11.6 Å². The van der Waals surface area contributed by atoms with Crippen LogP contribution < -0.4 is 5.32 Å². The summed E-state index contributed by atoms with van der Waals surface area (Å²) in [6, 6.07) is 7.42. The fraction of sp³-hybridized carbons (Fsp3) is 0.571. The van der Waals surface area contributed by atoms with Crippen molar-refractivity contribution in [1.82, 2.24) is 15.1 Å². The predicted octanol–water partition coefficient (Wildman–Crippen LogP) is 0.970. The molecule has 1 aliphatic carbocycles. The first-order valence-corrected chi connectivity index (χ1v) is 10.0. The molecular formula is C21H27N3O4. The van der Waals surface area contributed by atoms with Crippen LogP contribution in [0.1, 0.15) is 42.6 Å². The quantitative estimate of drug-likeness (QED) is 0.782. The molecule has 7 heteroatoms. The molecule has 2 fully saturated rings. The Bertz CT molecular complexity index is 799. The van der Waals surface area contributed by atoms with Crippen LogP contribution in [-0.4, -0.2) is 71.4 Å². The molecule has 4 rings (SSSR count). The highest BCUT2D eigenvalue weighted by atomic mass is 16.6. The zero-order valence-corrected chi connectivity index (χ0v) is 16.4. The number of cyclic esters (lactones) is 1. The number of ether oxygens (including phenoxy) is 1. The van der Waals surface area contributed by atoms with Gasteiger partial charge in [0.1, 0.15) is 0 Å². The van der Waals surface area contributed by atoms with Crippen molar-refractivity contribution >= 4 is 17.8 Å². The number of nitrogens with zero attached hydrogens (tertiary/aromatic N) is 2. The number of benzene rings is 1. The number of carbonyl (C=O) groups excluding carboxylic acids is 3. The van der Waals surface area contributed by atoms with E-state index in [4.69, 9.17) is 4.74 Å². The van der Waals surface area contributed by atoms with Gasteiger partial charge in [-0.1, -0.05) is 18.2 Å². The molecule has 2 unspecified atom stereocenters. The van der Waals surface area contributed by atoms with Crippen LogP contribution in [0.3, 0.4) is 0 Å². The van der Waals surface area contributed by atoms with Gasteiger partial charge in [-0.05, 0) is 38.3 Å². The average molecular weight is 385 g/mol. The fourth-order valence-corrected chi connectivity index (χ4v) is 4.01. The summed E-state index contributed by atoms with van der Waals surface area (Å²) in [5.41, 5.74) is 0.203. The lowest BCUT2D eigenvalue weighted by molar-refractivity contribution is -0.153. The Morgan fingerprint density at radius 2 is 1.86 bits per heavy atom. The maximum absolute atomic E-state index is 13.1. The standard InChI is InChI=1S/C21H27N3O4/c1-14(18(25)22-16-7-8-16)23-9-11-24(12-10-23)20(27)21(2)13-15-5-3-4-6-17(15)19(26)28-21/h3-6,14,16H,7-13H2,1-2H3,(H,22,25). The van der Waals surface area contributed by atoms with E-state index in [-0.39, 0.29) is 17.9 Å². The number of fused-ring (bicyclic) bond motifs is 1. The molecule has 3 aliphatic rings. The van der Waals surface area contributed by atoms with Gasteiger partial charge in [-0.3, -0.25) is 14.5 Å². The Hall–Kier alpha value is -2.41. The van der Waals surface area contributed by atoms with Crippen LogP contribution in [0.25, 0.3) is 0 Å². The van der Waals surface area contributed by atoms with Crippen LogP contribution >= 0.6 is 0 Å². The molecule has 150 valence electrons. The van der Waals surface area contributed by atoms with Crippen molar-refractivity contribution in [3.8, 4) is 0 Å². The molecule has 28 heavy (non-hydrogen) atoms. The normalized spacial score (nSPS) is 26.2. The molecule has 0 spiro atoms. The maximum atomic E-state index is 13.1. The van der Waals surface area contributed by atoms with Gasteiger partial charge in [-0.25, -0.2) is 4.79 Å². The lowest BCUT2D eigenvalue weighted by Crippen LogP contribution is -2.60. The highest BCUT2D eigenvalue weighted by Crippen LogP contribution is 2.30. The van der Waals surface area contributed by atoms with Crippen LogP contribution in [-0.2, 0) is 20.7 Å². The lowest BCUT2D eigenvalue weighted by atomic mass is 9.88. The van der Waals surface area contributed by atoms with Gasteiger partial charge in [0, 0.05) is 38.6 Å². The zero-order valence-electron chi connectivity index (χ0n) is 16.4. The van der Waals surface area contributed by atoms with Crippen LogP contribution in [0.5, 0.6) is 0 Å². The summed E-state index contributed by atoms with van der Waals surface area (Å²) in [4.78, 5) is 41.6. The molecule has 0 bridgehead atoms. The molecular weight excluding hydrogens is 358 g/mol. The number of hydrogen-bond acceptors (Lipinski definition) is 5. The van der Waals surface area contributed by atoms with Crippen molar-refractivity contribution in [3.63, 3.8) is 0 Å². The van der Waals surface area contributed by atoms with Gasteiger partial charge in [0.2, 0.25) is 5.91 Å². The number of piperazine rings is 1. The van der Waals surface area contributed by atoms with Crippen molar-refractivity contribution < 1.29 is 19.1 Å². The highest BCUT2D eigenvalue weighted by molar-refractivity contribution is 5.97. The van der Waals surface area contributed by atoms with E-state index in [1.165, 1.54) is 0 Å². The first kappa shape index (κ1) is 18.9. The smallest absolute Gasteiger partial charge is 0.339 e. The van der Waals surface area contributed by atoms with Gasteiger partial charge in [-0.15, -0.1) is 0 Å². The summed E-state index contributed by atoms with van der Waals surface area (Å²) >= 11 is 0. The summed E-state index contributed by atoms with van der Waals surface area (Å²) in [6.45, 7) is 5.91. The van der Waals surface area contributed by atoms with Crippen LogP contribution in [0.15, 0.2) is 24.3 Å². The first-order valence-electron chi connectivity index (χ1n) is 10.0. The fourth-order valence-electron chi connectivity index (χ4n) is 4.01. The third kappa shape index (κ3) is 3.63. The maximum Gasteiger partial charge on any atom is 0.339 e. The van der Waals surface area contributed by atoms with Gasteiger partial charge >= 0.3 is 5.97 Å². The summed E-state index contributed by atoms with van der Waals surface area (Å²) in [5.74, 6) is -0.543. The number of carbonyl (C=O) groups is 3. The third-order valence-electron chi connectivity index (χ3n) is 5.99. The molecule has 2 atom stereocenters. The third-order valence-corrected chi connectivity index (χ3v) is 5.99. The lowest BCUT2D eigenvalue weighted by Gasteiger charge is -2.42. The molecule has 1 saturated carbocycles. The second-order valence-corrected chi connectivity index (χ2v) is 8.24. The molecule has 2 aliphatic heterocycles. The van der Waals surface area contributed by atoms with Crippen molar-refractivity contribution in [1.29, 1.82) is 0 Å². The van der Waals surface area contributed by atoms with E-state index in [2.05, 4.69) is 10.2 Å². The second kappa shape index (κ2) is 7.20. The Morgan fingerprint density at radius 1 is 1.18 bits per heavy atom. The first-order chi connectivity index (χ1) is 13.4. The van der Waals surface area contributed by atoms with E-state index in [0.717, 1.165) is 18.4 Å². The van der Waals surface area contributed by atoms with Crippen LogP contribution in [0.4, 0.5) is 0 Å². The SMILES string of the molecule is CC(C(=O)NC1CC1)N1CCN(C(=O)C2(C)Cc3ccccc3C(=O)O2)CC1. The van der Waals surface area contributed by atoms with Crippen molar-refractivity contribution in [2.24, 2.45) is 0 Å². The van der Waals surface area contributed by atoms with E-state index in [0.29, 0.717) is 44.2 Å². The minimum Gasteiger partial charge on any atom is -0.445 e. The van der Waals surface area contributed by atoms with E-state index in [9.17, 15) is 14.4 Å². The molecule has 7 nitrogen and oxygen atoms in total. The Labute approximate surface area is 165 Å². The summed E-state index contributed by atoms with van der Waals surface area (Å²) in [5, 5.41) is 3.04. The monoisotopic (exact) mass is 385 g/mol. The van der Waals surface area contributed by atoms with Crippen molar-refractivity contribution in [2.75, 3.05) is 26.2 Å². The van der Waals surface area contributed by atoms with Gasteiger partial charge in [0.05, 0.1) is 11.6 Å². The van der Waals surface area contributed by atoms with Crippen molar-refractivity contribution in [3.05, 3.63) is 35.4 Å². The molecule has 1 N–H and O–H groups in total. The van der Waals surface area contributed by atoms with E-state index in [1.807, 2.05) is 19.1 Å². The summed E-state index contributed by atoms with van der Waals surface area (Å²) < 4.78 is 5.57. The average Bonchev–Trinajstić information content (AvgIpc) is 3.51. The van der Waals surface area contributed by atoms with Gasteiger partial charge < -0.3 is 15.0 Å². The molecule has 0 radical (unpaired) electrons. The second-order valence-electron chi connectivity index (χ2n) is 8.24. The molecule has 0 aromatic heterocycles. The number of esters is 1. The highest BCUT2D eigenvalue weighted by Gasteiger charge is 2.45. The Balaban J connectivity index is 1.37. The topological polar surface area (TPSA) is 79.0 Å². The molecule has 1 aromatic carbocycles. The van der Waals surface area contributed by atoms with Gasteiger partial charge in [-0.2, -0.15) is 0 Å². The van der Waals surface area contributed by atoms with Crippen molar-refractivity contribution in [2.45, 2.75) is 50.8 Å². The van der Waals surface area contributed by atoms with Crippen LogP contribution in [0, 0.1) is 0 Å². The van der Waals surface area contributed by atoms with Gasteiger partial charge in [0.15, 0.2) is 5.60 Å². The molecule has 1 aromatic rings. The number of hydrogen-bond donors (Lipinski definition) is 1. The number of amides is 2. The minimum atomic E-state index is -1.18.